The van der Waals surface area contributed by atoms with Crippen LogP contribution in [0.2, 0.25) is 5.02 Å². The number of esters is 1. The normalized spacial score (nSPS) is 18.8. The van der Waals surface area contributed by atoms with E-state index in [0.29, 0.717) is 17.2 Å². The van der Waals surface area contributed by atoms with Gasteiger partial charge in [0.25, 0.3) is 5.91 Å². The molecule has 7 nitrogen and oxygen atoms in total. The molecule has 9 heteroatoms. The molecule has 1 aliphatic rings. The van der Waals surface area contributed by atoms with Crippen molar-refractivity contribution in [1.29, 1.82) is 0 Å². The van der Waals surface area contributed by atoms with Crippen molar-refractivity contribution in [2.24, 2.45) is 0 Å². The van der Waals surface area contributed by atoms with Crippen LogP contribution in [0.25, 0.3) is 0 Å². The molecule has 132 valence electrons. The predicted molar refractivity (Wildman–Crippen MR) is 87.8 cm³/mol. The van der Waals surface area contributed by atoms with Gasteiger partial charge in [-0.05, 0) is 37.1 Å². The van der Waals surface area contributed by atoms with E-state index in [0.717, 1.165) is 5.56 Å². The molecule has 1 N–H and O–H groups in total. The summed E-state index contributed by atoms with van der Waals surface area (Å²) >= 11 is 5.89. The molecule has 0 radical (unpaired) electrons. The number of halogens is 1. The third-order valence-electron chi connectivity index (χ3n) is 3.45. The Hall–Kier alpha value is -1.80. The summed E-state index contributed by atoms with van der Waals surface area (Å²) in [6, 6.07) is 4.54. The summed E-state index contributed by atoms with van der Waals surface area (Å²) in [7, 11) is -3.07. The minimum atomic E-state index is -3.07. The summed E-state index contributed by atoms with van der Waals surface area (Å²) in [5, 5.41) is 3.12. The number of aryl methyl sites for hydroxylation is 1. The molecule has 1 aromatic carbocycles. The first-order valence-electron chi connectivity index (χ1n) is 7.29. The molecule has 1 aromatic rings. The largest absolute Gasteiger partial charge is 0.482 e. The Labute approximate surface area is 145 Å². The first-order valence-corrected chi connectivity index (χ1v) is 9.49. The van der Waals surface area contributed by atoms with Crippen molar-refractivity contribution < 1.29 is 27.5 Å². The van der Waals surface area contributed by atoms with Crippen molar-refractivity contribution in [2.45, 2.75) is 19.4 Å². The Morgan fingerprint density at radius 2 is 2.08 bits per heavy atom. The smallest absolute Gasteiger partial charge is 0.344 e. The number of nitrogens with one attached hydrogen (secondary N) is 1. The minimum absolute atomic E-state index is 0.0616. The van der Waals surface area contributed by atoms with Crippen LogP contribution in [0.5, 0.6) is 5.75 Å². The summed E-state index contributed by atoms with van der Waals surface area (Å²) < 4.78 is 32.6. The summed E-state index contributed by atoms with van der Waals surface area (Å²) in [5.41, 5.74) is 0.813. The first-order chi connectivity index (χ1) is 11.2. The van der Waals surface area contributed by atoms with Crippen LogP contribution in [0.1, 0.15) is 12.0 Å². The van der Waals surface area contributed by atoms with Crippen molar-refractivity contribution in [3.05, 3.63) is 28.8 Å². The number of benzene rings is 1. The van der Waals surface area contributed by atoms with Crippen molar-refractivity contribution in [2.75, 3.05) is 24.7 Å². The molecule has 24 heavy (non-hydrogen) atoms. The van der Waals surface area contributed by atoms with Crippen LogP contribution in [0, 0.1) is 6.92 Å². The third kappa shape index (κ3) is 5.68. The second-order valence-electron chi connectivity index (χ2n) is 5.53. The number of carbonyl (C=O) groups excluding carboxylic acids is 2. The molecule has 1 atom stereocenters. The molecule has 1 saturated heterocycles. The second-order valence-corrected chi connectivity index (χ2v) is 8.16. The van der Waals surface area contributed by atoms with Crippen LogP contribution in [-0.2, 0) is 24.2 Å². The molecule has 1 unspecified atom stereocenters. The Bertz CT molecular complexity index is 733. The second kappa shape index (κ2) is 7.85. The number of sulfone groups is 1. The van der Waals surface area contributed by atoms with Crippen LogP contribution >= 0.6 is 11.6 Å². The molecule has 1 aliphatic heterocycles. The van der Waals surface area contributed by atoms with E-state index in [2.05, 4.69) is 5.32 Å². The van der Waals surface area contributed by atoms with Gasteiger partial charge in [0.15, 0.2) is 23.1 Å². The number of hydrogen-bond acceptors (Lipinski definition) is 6. The minimum Gasteiger partial charge on any atom is -0.482 e. The van der Waals surface area contributed by atoms with E-state index in [9.17, 15) is 18.0 Å². The molecule has 0 aromatic heterocycles. The Balaban J connectivity index is 1.69. The quantitative estimate of drug-likeness (QED) is 0.741. The van der Waals surface area contributed by atoms with Gasteiger partial charge in [0.05, 0.1) is 11.5 Å². The molecular weight excluding hydrogens is 358 g/mol. The van der Waals surface area contributed by atoms with E-state index < -0.39 is 34.4 Å². The molecule has 0 bridgehead atoms. The fraction of sp³-hybridized carbons (Fsp3) is 0.467. The lowest BCUT2D eigenvalue weighted by atomic mass is 10.2. The molecule has 1 heterocycles. The average Bonchev–Trinajstić information content (AvgIpc) is 2.85. The molecule has 1 fully saturated rings. The fourth-order valence-corrected chi connectivity index (χ4v) is 4.01. The maximum atomic E-state index is 11.6. The van der Waals surface area contributed by atoms with Gasteiger partial charge in [-0.25, -0.2) is 13.2 Å². The van der Waals surface area contributed by atoms with Gasteiger partial charge in [0.2, 0.25) is 0 Å². The van der Waals surface area contributed by atoms with Crippen molar-refractivity contribution in [3.8, 4) is 5.75 Å². The van der Waals surface area contributed by atoms with Gasteiger partial charge in [-0.15, -0.1) is 0 Å². The molecule has 0 aliphatic carbocycles. The molecule has 0 spiro atoms. The summed E-state index contributed by atoms with van der Waals surface area (Å²) in [6.45, 7) is 0.992. The van der Waals surface area contributed by atoms with Crippen molar-refractivity contribution >= 4 is 33.3 Å². The topological polar surface area (TPSA) is 98.8 Å². The predicted octanol–water partition coefficient (Wildman–Crippen LogP) is 0.874. The maximum Gasteiger partial charge on any atom is 0.344 e. The maximum absolute atomic E-state index is 11.6. The molecule has 1 amide bonds. The number of carbonyl (C=O) groups is 2. The van der Waals surface area contributed by atoms with Crippen LogP contribution in [0.3, 0.4) is 0 Å². The average molecular weight is 376 g/mol. The van der Waals surface area contributed by atoms with E-state index in [1.54, 1.807) is 25.1 Å². The number of amides is 1. The van der Waals surface area contributed by atoms with Gasteiger partial charge < -0.3 is 14.8 Å². The van der Waals surface area contributed by atoms with E-state index in [-0.39, 0.29) is 18.1 Å². The SMILES string of the molecule is Cc1cc(OCC(=O)OCC(=O)NC2CCS(=O)(=O)C2)ccc1Cl. The molecular formula is C15H18ClNO6S. The van der Waals surface area contributed by atoms with Gasteiger partial charge >= 0.3 is 5.97 Å². The lowest BCUT2D eigenvalue weighted by Gasteiger charge is -2.11. The fourth-order valence-electron chi connectivity index (χ4n) is 2.22. The van der Waals surface area contributed by atoms with E-state index in [4.69, 9.17) is 21.1 Å². The summed E-state index contributed by atoms with van der Waals surface area (Å²) in [6.07, 6.45) is 0.376. The highest BCUT2D eigenvalue weighted by Crippen LogP contribution is 2.20. The van der Waals surface area contributed by atoms with Crippen LogP contribution in [-0.4, -0.2) is 51.1 Å². The van der Waals surface area contributed by atoms with E-state index in [1.807, 2.05) is 0 Å². The monoisotopic (exact) mass is 375 g/mol. The van der Waals surface area contributed by atoms with Gasteiger partial charge in [-0.2, -0.15) is 0 Å². The summed E-state index contributed by atoms with van der Waals surface area (Å²) in [4.78, 5) is 23.2. The van der Waals surface area contributed by atoms with Gasteiger partial charge in [0, 0.05) is 11.1 Å². The zero-order valence-electron chi connectivity index (χ0n) is 13.1. The Kier molecular flexibility index (Phi) is 6.06. The van der Waals surface area contributed by atoms with Gasteiger partial charge in [0.1, 0.15) is 5.75 Å². The lowest BCUT2D eigenvalue weighted by Crippen LogP contribution is -2.38. The highest BCUT2D eigenvalue weighted by Gasteiger charge is 2.29. The Morgan fingerprint density at radius 1 is 1.33 bits per heavy atom. The zero-order valence-corrected chi connectivity index (χ0v) is 14.7. The molecule has 2 rings (SSSR count). The van der Waals surface area contributed by atoms with E-state index in [1.165, 1.54) is 0 Å². The Morgan fingerprint density at radius 3 is 2.71 bits per heavy atom. The number of ether oxygens (including phenoxy) is 2. The number of hydrogen-bond donors (Lipinski definition) is 1. The standard InChI is InChI=1S/C15H18ClNO6S/c1-10-6-12(2-3-13(10)16)22-8-15(19)23-7-14(18)17-11-4-5-24(20,21)9-11/h2-3,6,11H,4-5,7-9H2,1H3,(H,17,18). The lowest BCUT2D eigenvalue weighted by molar-refractivity contribution is -0.150. The summed E-state index contributed by atoms with van der Waals surface area (Å²) in [5.74, 6) is -0.781. The highest BCUT2D eigenvalue weighted by molar-refractivity contribution is 7.91. The zero-order chi connectivity index (χ0) is 17.7. The van der Waals surface area contributed by atoms with Crippen LogP contribution in [0.15, 0.2) is 18.2 Å². The number of rotatable bonds is 6. The van der Waals surface area contributed by atoms with E-state index >= 15 is 0 Å². The van der Waals surface area contributed by atoms with Crippen molar-refractivity contribution in [1.82, 2.24) is 5.32 Å². The van der Waals surface area contributed by atoms with Crippen LogP contribution < -0.4 is 10.1 Å². The van der Waals surface area contributed by atoms with Crippen LogP contribution in [0.4, 0.5) is 0 Å². The van der Waals surface area contributed by atoms with Gasteiger partial charge in [-0.1, -0.05) is 11.6 Å². The third-order valence-corrected chi connectivity index (χ3v) is 5.64. The van der Waals surface area contributed by atoms with Gasteiger partial charge in [-0.3, -0.25) is 4.79 Å². The highest BCUT2D eigenvalue weighted by atomic mass is 35.5. The van der Waals surface area contributed by atoms with Crippen molar-refractivity contribution in [3.63, 3.8) is 0 Å². The molecule has 0 saturated carbocycles. The first kappa shape index (κ1) is 18.5.